The first-order chi connectivity index (χ1) is 18.4. The number of benzene rings is 1. The quantitative estimate of drug-likeness (QED) is 0.280. The summed E-state index contributed by atoms with van der Waals surface area (Å²) in [6.07, 6.45) is 0.291. The van der Waals surface area contributed by atoms with Crippen molar-refractivity contribution in [1.82, 2.24) is 10.2 Å². The Balaban J connectivity index is 1.90. The van der Waals surface area contributed by atoms with Crippen molar-refractivity contribution >= 4 is 23.2 Å². The number of nitrogens with two attached hydrogens (primary N) is 1. The Morgan fingerprint density at radius 3 is 2.30 bits per heavy atom. The highest BCUT2D eigenvalue weighted by atomic mass is 16.3. The minimum atomic E-state index is -2.66. The van der Waals surface area contributed by atoms with Gasteiger partial charge < -0.3 is 36.4 Å². The molecule has 3 aliphatic carbocycles. The number of hydrogen-bond acceptors (Lipinski definition) is 10. The van der Waals surface area contributed by atoms with Crippen LogP contribution in [-0.2, 0) is 22.6 Å². The molecule has 0 heterocycles. The third-order valence-corrected chi connectivity index (χ3v) is 8.23. The van der Waals surface area contributed by atoms with E-state index in [4.69, 9.17) is 5.73 Å². The first-order valence-electron chi connectivity index (χ1n) is 13.3. The SMILES string of the molecule is CN(C)c1cc(CNCC(C)(C)C)c(O)c2c1C[C@@H]1C[C@@H]3[C@@H](N(C)C)C(O)=C(C(N)=O)C(=O)[C@@]3(O)C(O)=C1C2=O. The number of aromatic hydroxyl groups is 1. The molecule has 0 aliphatic heterocycles. The molecule has 0 spiro atoms. The number of phenols is 1. The Morgan fingerprint density at radius 1 is 1.15 bits per heavy atom. The van der Waals surface area contributed by atoms with Crippen LogP contribution in [0, 0.1) is 17.3 Å². The van der Waals surface area contributed by atoms with E-state index >= 15 is 0 Å². The van der Waals surface area contributed by atoms with Gasteiger partial charge in [-0.2, -0.15) is 0 Å². The highest BCUT2D eigenvalue weighted by Gasteiger charge is 2.63. The van der Waals surface area contributed by atoms with Gasteiger partial charge in [0.25, 0.3) is 5.91 Å². The molecule has 4 rings (SSSR count). The van der Waals surface area contributed by atoms with Crippen LogP contribution in [-0.4, -0.2) is 89.2 Å². The van der Waals surface area contributed by atoms with E-state index in [9.17, 15) is 34.8 Å². The normalized spacial score (nSPS) is 26.6. The number of ketones is 2. The van der Waals surface area contributed by atoms with Gasteiger partial charge in [-0.3, -0.25) is 19.3 Å². The summed E-state index contributed by atoms with van der Waals surface area (Å²) in [5.41, 5.74) is 3.58. The van der Waals surface area contributed by atoms with Crippen molar-refractivity contribution in [2.45, 2.75) is 51.8 Å². The lowest BCUT2D eigenvalue weighted by atomic mass is 9.58. The van der Waals surface area contributed by atoms with E-state index in [-0.39, 0.29) is 35.1 Å². The number of phenolic OH excluding ortho intramolecular Hbond substituents is 1. The number of Topliss-reactive ketones (excluding diaryl/α,β-unsaturated/α-hetero) is 2. The van der Waals surface area contributed by atoms with Gasteiger partial charge in [-0.05, 0) is 49.9 Å². The van der Waals surface area contributed by atoms with Gasteiger partial charge >= 0.3 is 0 Å². The van der Waals surface area contributed by atoms with Crippen LogP contribution in [0.4, 0.5) is 5.69 Å². The van der Waals surface area contributed by atoms with Crippen molar-refractivity contribution < 1.29 is 34.8 Å². The molecule has 0 unspecified atom stereocenters. The molecule has 0 aromatic heterocycles. The number of amides is 1. The van der Waals surface area contributed by atoms with Crippen LogP contribution in [0.15, 0.2) is 28.7 Å². The van der Waals surface area contributed by atoms with Gasteiger partial charge in [-0.15, -0.1) is 0 Å². The number of rotatable bonds is 6. The molecule has 11 heteroatoms. The average Bonchev–Trinajstić information content (AvgIpc) is 2.81. The zero-order valence-corrected chi connectivity index (χ0v) is 24.1. The number of aliphatic hydroxyl groups excluding tert-OH is 2. The van der Waals surface area contributed by atoms with E-state index in [2.05, 4.69) is 26.1 Å². The average molecular weight is 557 g/mol. The number of nitrogens with one attached hydrogen (secondary N) is 1. The molecule has 1 aromatic rings. The second kappa shape index (κ2) is 9.90. The van der Waals surface area contributed by atoms with E-state index in [1.54, 1.807) is 14.1 Å². The van der Waals surface area contributed by atoms with E-state index in [1.165, 1.54) is 4.90 Å². The second-order valence-electron chi connectivity index (χ2n) is 12.8. The van der Waals surface area contributed by atoms with E-state index in [0.717, 1.165) is 5.69 Å². The van der Waals surface area contributed by atoms with Gasteiger partial charge in [0.15, 0.2) is 11.4 Å². The molecule has 218 valence electrons. The van der Waals surface area contributed by atoms with Crippen molar-refractivity contribution in [2.75, 3.05) is 39.6 Å². The number of hydrogen-bond donors (Lipinski definition) is 6. The summed E-state index contributed by atoms with van der Waals surface area (Å²) in [6.45, 7) is 7.17. The van der Waals surface area contributed by atoms with E-state index in [1.807, 2.05) is 25.1 Å². The van der Waals surface area contributed by atoms with Gasteiger partial charge in [-0.25, -0.2) is 0 Å². The third kappa shape index (κ3) is 4.46. The lowest BCUT2D eigenvalue weighted by Gasteiger charge is -2.50. The highest BCUT2D eigenvalue weighted by Crippen LogP contribution is 2.53. The maximum atomic E-state index is 14.1. The maximum Gasteiger partial charge on any atom is 0.255 e. The molecule has 40 heavy (non-hydrogen) atoms. The molecule has 11 nitrogen and oxygen atoms in total. The zero-order valence-electron chi connectivity index (χ0n) is 24.1. The number of aliphatic hydroxyl groups is 3. The molecule has 4 atom stereocenters. The Labute approximate surface area is 233 Å². The molecule has 7 N–H and O–H groups in total. The molecule has 0 saturated carbocycles. The molecule has 0 fully saturated rings. The summed E-state index contributed by atoms with van der Waals surface area (Å²) >= 11 is 0. The second-order valence-corrected chi connectivity index (χ2v) is 12.8. The molecule has 0 radical (unpaired) electrons. The Bertz CT molecular complexity index is 1350. The van der Waals surface area contributed by atoms with E-state index < -0.39 is 58.0 Å². The van der Waals surface area contributed by atoms with Gasteiger partial charge in [0.05, 0.1) is 11.6 Å². The molecular formula is C29H40N4O7. The number of anilines is 1. The summed E-state index contributed by atoms with van der Waals surface area (Å²) in [5, 5.41) is 48.8. The number of nitrogens with zero attached hydrogens (tertiary/aromatic N) is 2. The van der Waals surface area contributed by atoms with Crippen LogP contribution >= 0.6 is 0 Å². The van der Waals surface area contributed by atoms with Gasteiger partial charge in [0.1, 0.15) is 22.8 Å². The number of primary amides is 1. The summed E-state index contributed by atoms with van der Waals surface area (Å²) < 4.78 is 0. The Morgan fingerprint density at radius 2 is 1.77 bits per heavy atom. The lowest BCUT2D eigenvalue weighted by Crippen LogP contribution is -2.63. The smallest absolute Gasteiger partial charge is 0.255 e. The summed E-state index contributed by atoms with van der Waals surface area (Å²) in [5.74, 6) is -6.54. The fourth-order valence-corrected chi connectivity index (χ4v) is 6.46. The third-order valence-electron chi connectivity index (χ3n) is 8.23. The van der Waals surface area contributed by atoms with Crippen molar-refractivity contribution in [3.05, 3.63) is 45.4 Å². The van der Waals surface area contributed by atoms with Crippen molar-refractivity contribution in [2.24, 2.45) is 23.0 Å². The molecule has 1 aromatic carbocycles. The fourth-order valence-electron chi connectivity index (χ4n) is 6.46. The molecule has 0 saturated heterocycles. The minimum Gasteiger partial charge on any atom is -0.510 e. The number of carbonyl (C=O) groups excluding carboxylic acids is 3. The fraction of sp³-hybridized carbons (Fsp3) is 0.552. The topological polar surface area (TPSA) is 177 Å². The van der Waals surface area contributed by atoms with Crippen LogP contribution in [0.2, 0.25) is 0 Å². The van der Waals surface area contributed by atoms with Gasteiger partial charge in [-0.1, -0.05) is 20.8 Å². The number of allylic oxidation sites excluding steroid dienone is 1. The number of likely N-dealkylation sites (N-methyl/N-ethyl adjacent to an activating group) is 1. The highest BCUT2D eigenvalue weighted by molar-refractivity contribution is 6.24. The maximum absolute atomic E-state index is 14.1. The summed E-state index contributed by atoms with van der Waals surface area (Å²) in [7, 11) is 6.87. The van der Waals surface area contributed by atoms with Gasteiger partial charge in [0, 0.05) is 49.9 Å². The largest absolute Gasteiger partial charge is 0.510 e. The van der Waals surface area contributed by atoms with Crippen LogP contribution < -0.4 is 16.0 Å². The van der Waals surface area contributed by atoms with Crippen molar-refractivity contribution in [3.63, 3.8) is 0 Å². The molecule has 3 aliphatic rings. The predicted octanol–water partition coefficient (Wildman–Crippen LogP) is 1.32. The Kier molecular flexibility index (Phi) is 7.32. The van der Waals surface area contributed by atoms with Gasteiger partial charge in [0.2, 0.25) is 5.78 Å². The van der Waals surface area contributed by atoms with E-state index in [0.29, 0.717) is 24.2 Å². The standard InChI is InChI=1S/C29H40N4O7/c1-28(2,3)12-31-11-14-10-17(32(4)5)15-8-13-9-16-21(33(6)7)24(36)20(27(30)39)26(38)29(16,40)25(37)18(13)23(35)19(15)22(14)34/h10,13,16,21,31,34,36-37,40H,8-9,11-12H2,1-7H3,(H2,30,39)/t13-,16-,21-,29+/m1/s1. The predicted molar refractivity (Wildman–Crippen MR) is 149 cm³/mol. The lowest BCUT2D eigenvalue weighted by molar-refractivity contribution is -0.148. The van der Waals surface area contributed by atoms with Crippen LogP contribution in [0.5, 0.6) is 5.75 Å². The van der Waals surface area contributed by atoms with Crippen LogP contribution in [0.1, 0.15) is 48.7 Å². The first-order valence-corrected chi connectivity index (χ1v) is 13.3. The number of carbonyl (C=O) groups is 3. The van der Waals surface area contributed by atoms with Crippen LogP contribution in [0.25, 0.3) is 0 Å². The van der Waals surface area contributed by atoms with Crippen molar-refractivity contribution in [1.29, 1.82) is 0 Å². The molecule has 1 amide bonds. The van der Waals surface area contributed by atoms with Crippen LogP contribution in [0.3, 0.4) is 0 Å². The Hall–Kier alpha value is -3.41. The summed E-state index contributed by atoms with van der Waals surface area (Å²) in [6, 6.07) is 0.814. The summed E-state index contributed by atoms with van der Waals surface area (Å²) in [4.78, 5) is 43.0. The number of fused-ring (bicyclic) bond motifs is 3. The van der Waals surface area contributed by atoms with Crippen molar-refractivity contribution in [3.8, 4) is 5.75 Å². The monoisotopic (exact) mass is 556 g/mol. The first kappa shape index (κ1) is 29.6. The minimum absolute atomic E-state index is 0.00841. The zero-order chi connectivity index (χ0) is 30.1. The molecule has 0 bridgehead atoms. The molecular weight excluding hydrogens is 516 g/mol.